The average Bonchev–Trinajstić information content (AvgIpc) is 2.63. The monoisotopic (exact) mass is 396 g/mol. The van der Waals surface area contributed by atoms with Crippen LogP contribution in [0.15, 0.2) is 29.2 Å². The number of rotatable bonds is 6. The van der Waals surface area contributed by atoms with E-state index in [0.717, 1.165) is 57.4 Å². The maximum atomic E-state index is 11.6. The lowest BCUT2D eigenvalue weighted by Crippen LogP contribution is -2.51. The number of aliphatic hydroxyl groups is 1. The van der Waals surface area contributed by atoms with Crippen LogP contribution >= 0.6 is 0 Å². The molecule has 2 fully saturated rings. The lowest BCUT2D eigenvalue weighted by molar-refractivity contribution is -0.00529. The van der Waals surface area contributed by atoms with E-state index in [9.17, 15) is 13.5 Å². The predicted molar refractivity (Wildman–Crippen MR) is 106 cm³/mol. The third kappa shape index (κ3) is 5.74. The first-order valence-corrected chi connectivity index (χ1v) is 11.7. The molecule has 0 aliphatic carbocycles. The fraction of sp³-hybridized carbons (Fsp3) is 0.700. The van der Waals surface area contributed by atoms with Crippen molar-refractivity contribution < 1.29 is 18.3 Å². The highest BCUT2D eigenvalue weighted by molar-refractivity contribution is 7.90. The highest BCUT2D eigenvalue weighted by Gasteiger charge is 2.29. The summed E-state index contributed by atoms with van der Waals surface area (Å²) in [6.45, 7) is 9.24. The molecule has 1 N–H and O–H groups in total. The van der Waals surface area contributed by atoms with Crippen molar-refractivity contribution in [2.75, 3.05) is 58.7 Å². The fourth-order valence-corrected chi connectivity index (χ4v) is 4.64. The van der Waals surface area contributed by atoms with Crippen LogP contribution in [0.1, 0.15) is 25.3 Å². The first-order chi connectivity index (χ1) is 12.7. The Labute approximate surface area is 163 Å². The average molecular weight is 397 g/mol. The van der Waals surface area contributed by atoms with Gasteiger partial charge in [-0.2, -0.15) is 0 Å². The lowest BCUT2D eigenvalue weighted by atomic mass is 9.95. The van der Waals surface area contributed by atoms with Crippen LogP contribution in [0.25, 0.3) is 0 Å². The van der Waals surface area contributed by atoms with Gasteiger partial charge in [-0.15, -0.1) is 0 Å². The fourth-order valence-electron chi connectivity index (χ4n) is 4.01. The van der Waals surface area contributed by atoms with Gasteiger partial charge in [0.1, 0.15) is 0 Å². The molecule has 1 unspecified atom stereocenters. The van der Waals surface area contributed by atoms with Crippen molar-refractivity contribution in [1.82, 2.24) is 9.80 Å². The van der Waals surface area contributed by atoms with E-state index in [1.54, 1.807) is 31.2 Å². The van der Waals surface area contributed by atoms with E-state index >= 15 is 0 Å². The number of piperazine rings is 1. The Morgan fingerprint density at radius 3 is 2.19 bits per heavy atom. The zero-order valence-corrected chi connectivity index (χ0v) is 17.2. The number of nitrogens with zero attached hydrogens (tertiary/aromatic N) is 2. The van der Waals surface area contributed by atoms with E-state index in [-0.39, 0.29) is 4.90 Å². The molecule has 0 radical (unpaired) electrons. The molecule has 0 bridgehead atoms. The number of β-amino-alcohol motifs (C(OH)–C–C–N with tert-alkyl or cyclic N) is 1. The maximum Gasteiger partial charge on any atom is 0.175 e. The first-order valence-electron chi connectivity index (χ1n) is 9.79. The minimum Gasteiger partial charge on any atom is -0.384 e. The first kappa shape index (κ1) is 20.7. The van der Waals surface area contributed by atoms with Crippen molar-refractivity contribution in [3.8, 4) is 0 Å². The summed E-state index contributed by atoms with van der Waals surface area (Å²) in [6.07, 6.45) is 3.52. The van der Waals surface area contributed by atoms with Gasteiger partial charge in [0, 0.05) is 58.7 Å². The molecule has 0 spiro atoms. The lowest BCUT2D eigenvalue weighted by Gasteiger charge is -2.40. The van der Waals surface area contributed by atoms with Gasteiger partial charge in [0.2, 0.25) is 0 Å². The molecule has 2 aliphatic rings. The Hall–Kier alpha value is -0.990. The Morgan fingerprint density at radius 1 is 1.07 bits per heavy atom. The Morgan fingerprint density at radius 2 is 1.63 bits per heavy atom. The topological polar surface area (TPSA) is 70.1 Å². The largest absolute Gasteiger partial charge is 0.384 e. The van der Waals surface area contributed by atoms with E-state index < -0.39 is 15.4 Å². The van der Waals surface area contributed by atoms with Gasteiger partial charge in [-0.1, -0.05) is 12.1 Å². The highest BCUT2D eigenvalue weighted by atomic mass is 32.2. The van der Waals surface area contributed by atoms with Gasteiger partial charge in [0.05, 0.1) is 10.5 Å². The van der Waals surface area contributed by atoms with Gasteiger partial charge in [-0.05, 0) is 43.4 Å². The number of benzene rings is 1. The molecule has 0 aromatic heterocycles. The summed E-state index contributed by atoms with van der Waals surface area (Å²) in [6, 6.07) is 6.59. The van der Waals surface area contributed by atoms with Gasteiger partial charge in [-0.25, -0.2) is 8.42 Å². The standard InChI is InChI=1S/C20H32N2O4S/c1-20(23,18-3-5-19(6-4-18)27(2,24)25)16-22-11-9-21(10-12-22)15-17-7-13-26-14-8-17/h3-6,17,23H,7-16H2,1-2H3. The molecule has 0 saturated carbocycles. The number of hydrogen-bond donors (Lipinski definition) is 1. The molecule has 3 rings (SSSR count). The van der Waals surface area contributed by atoms with Crippen molar-refractivity contribution in [2.45, 2.75) is 30.3 Å². The molecular weight excluding hydrogens is 364 g/mol. The van der Waals surface area contributed by atoms with Crippen LogP contribution in [-0.4, -0.2) is 82.1 Å². The van der Waals surface area contributed by atoms with Crippen LogP contribution in [0, 0.1) is 5.92 Å². The molecule has 6 nitrogen and oxygen atoms in total. The minimum absolute atomic E-state index is 0.281. The maximum absolute atomic E-state index is 11.6. The second-order valence-corrected chi connectivity index (χ2v) is 10.2. The van der Waals surface area contributed by atoms with Gasteiger partial charge in [-0.3, -0.25) is 4.90 Å². The molecular formula is C20H32N2O4S. The van der Waals surface area contributed by atoms with Crippen LogP contribution in [0.2, 0.25) is 0 Å². The molecule has 1 aromatic rings. The zero-order valence-electron chi connectivity index (χ0n) is 16.4. The smallest absolute Gasteiger partial charge is 0.175 e. The molecule has 1 atom stereocenters. The highest BCUT2D eigenvalue weighted by Crippen LogP contribution is 2.24. The van der Waals surface area contributed by atoms with Crippen LogP contribution < -0.4 is 0 Å². The van der Waals surface area contributed by atoms with E-state index in [1.165, 1.54) is 19.1 Å². The molecule has 152 valence electrons. The van der Waals surface area contributed by atoms with E-state index in [4.69, 9.17) is 4.74 Å². The summed E-state index contributed by atoms with van der Waals surface area (Å²) in [5.41, 5.74) is -0.252. The zero-order chi connectivity index (χ0) is 19.5. The van der Waals surface area contributed by atoms with Crippen molar-refractivity contribution in [2.24, 2.45) is 5.92 Å². The molecule has 2 aliphatic heterocycles. The summed E-state index contributed by atoms with van der Waals surface area (Å²) in [5.74, 6) is 0.752. The normalized spacial score (nSPS) is 23.2. The number of ether oxygens (including phenoxy) is 1. The van der Waals surface area contributed by atoms with E-state index in [0.29, 0.717) is 6.54 Å². The third-order valence-corrected chi connectivity index (χ3v) is 6.89. The van der Waals surface area contributed by atoms with Crippen LogP contribution in [0.4, 0.5) is 0 Å². The van der Waals surface area contributed by atoms with Gasteiger partial charge >= 0.3 is 0 Å². The quantitative estimate of drug-likeness (QED) is 0.783. The molecule has 1 aromatic carbocycles. The third-order valence-electron chi connectivity index (χ3n) is 5.76. The Bertz CT molecular complexity index is 704. The van der Waals surface area contributed by atoms with E-state index in [1.807, 2.05) is 0 Å². The van der Waals surface area contributed by atoms with Crippen LogP contribution in [0.3, 0.4) is 0 Å². The second-order valence-electron chi connectivity index (χ2n) is 8.20. The second kappa shape index (κ2) is 8.57. The van der Waals surface area contributed by atoms with Crippen molar-refractivity contribution in [1.29, 1.82) is 0 Å². The van der Waals surface area contributed by atoms with Crippen LogP contribution in [0.5, 0.6) is 0 Å². The van der Waals surface area contributed by atoms with Gasteiger partial charge in [0.15, 0.2) is 9.84 Å². The van der Waals surface area contributed by atoms with E-state index in [2.05, 4.69) is 9.80 Å². The SMILES string of the molecule is CC(O)(CN1CCN(CC2CCOCC2)CC1)c1ccc(S(C)(=O)=O)cc1. The van der Waals surface area contributed by atoms with Gasteiger partial charge < -0.3 is 14.7 Å². The van der Waals surface area contributed by atoms with Crippen molar-refractivity contribution >= 4 is 9.84 Å². The summed E-state index contributed by atoms with van der Waals surface area (Å²) in [7, 11) is -3.22. The number of hydrogen-bond acceptors (Lipinski definition) is 6. The minimum atomic E-state index is -3.22. The summed E-state index contributed by atoms with van der Waals surface area (Å²) in [4.78, 5) is 5.11. The summed E-state index contributed by atoms with van der Waals surface area (Å²) in [5, 5.41) is 10.9. The Balaban J connectivity index is 1.51. The van der Waals surface area contributed by atoms with Gasteiger partial charge in [0.25, 0.3) is 0 Å². The molecule has 27 heavy (non-hydrogen) atoms. The summed E-state index contributed by atoms with van der Waals surface area (Å²) < 4.78 is 28.6. The summed E-state index contributed by atoms with van der Waals surface area (Å²) >= 11 is 0. The molecule has 0 amide bonds. The number of sulfone groups is 1. The molecule has 2 heterocycles. The van der Waals surface area contributed by atoms with Crippen molar-refractivity contribution in [3.63, 3.8) is 0 Å². The predicted octanol–water partition coefficient (Wildman–Crippen LogP) is 1.34. The van der Waals surface area contributed by atoms with Crippen molar-refractivity contribution in [3.05, 3.63) is 29.8 Å². The van der Waals surface area contributed by atoms with Crippen LogP contribution in [-0.2, 0) is 20.2 Å². The molecule has 2 saturated heterocycles. The Kier molecular flexibility index (Phi) is 6.58. The molecule has 7 heteroatoms.